The second kappa shape index (κ2) is 7.42. The lowest BCUT2D eigenvalue weighted by atomic mass is 10.00. The summed E-state index contributed by atoms with van der Waals surface area (Å²) in [6.45, 7) is 3.72. The second-order valence-electron chi connectivity index (χ2n) is 6.23. The van der Waals surface area contributed by atoms with Crippen LogP contribution in [0.3, 0.4) is 0 Å². The molecule has 25 heavy (non-hydrogen) atoms. The molecular weight excluding hydrogens is 326 g/mol. The minimum Gasteiger partial charge on any atom is -0.381 e. The van der Waals surface area contributed by atoms with Gasteiger partial charge in [0.1, 0.15) is 11.8 Å². The number of nitrogens with one attached hydrogen (secondary N) is 1. The van der Waals surface area contributed by atoms with E-state index in [1.54, 1.807) is 6.20 Å². The minimum atomic E-state index is -0.247. The average molecular weight is 347 g/mol. The van der Waals surface area contributed by atoms with Gasteiger partial charge in [-0.2, -0.15) is 5.10 Å². The van der Waals surface area contributed by atoms with Gasteiger partial charge in [0.25, 0.3) is 5.56 Å². The maximum Gasteiger partial charge on any atom is 0.266 e. The van der Waals surface area contributed by atoms with E-state index >= 15 is 0 Å². The molecule has 2 aromatic heterocycles. The summed E-state index contributed by atoms with van der Waals surface area (Å²) in [4.78, 5) is 22.9. The molecule has 2 saturated heterocycles. The number of H-pyrrole nitrogens is 1. The first-order valence-electron chi connectivity index (χ1n) is 8.56. The predicted octanol–water partition coefficient (Wildman–Crippen LogP) is 0.338. The van der Waals surface area contributed by atoms with E-state index in [0.717, 1.165) is 31.9 Å². The number of nitrogens with zero attached hydrogens (tertiary/aromatic N) is 4. The van der Waals surface area contributed by atoms with Crippen molar-refractivity contribution in [3.05, 3.63) is 28.6 Å². The Hall–Kier alpha value is -2.10. The van der Waals surface area contributed by atoms with Crippen LogP contribution in [-0.2, 0) is 20.8 Å². The van der Waals surface area contributed by atoms with Crippen LogP contribution >= 0.6 is 0 Å². The first kappa shape index (κ1) is 16.4. The van der Waals surface area contributed by atoms with E-state index in [9.17, 15) is 4.79 Å². The van der Waals surface area contributed by atoms with Crippen molar-refractivity contribution in [3.63, 3.8) is 0 Å². The lowest BCUT2D eigenvalue weighted by Crippen LogP contribution is -2.33. The normalized spacial score (nSPS) is 22.2. The Labute approximate surface area is 144 Å². The Kier molecular flexibility index (Phi) is 4.86. The smallest absolute Gasteiger partial charge is 0.266 e. The Bertz CT molecular complexity index is 742. The van der Waals surface area contributed by atoms with Crippen molar-refractivity contribution in [2.24, 2.45) is 0 Å². The zero-order valence-electron chi connectivity index (χ0n) is 13.9. The third-order valence-electron chi connectivity index (χ3n) is 4.44. The summed E-state index contributed by atoms with van der Waals surface area (Å²) in [5.41, 5.74) is 0.339. The Balaban J connectivity index is 1.64. The molecule has 0 aliphatic carbocycles. The first-order chi connectivity index (χ1) is 12.3. The van der Waals surface area contributed by atoms with Gasteiger partial charge in [0, 0.05) is 25.3 Å². The highest BCUT2D eigenvalue weighted by Gasteiger charge is 2.25. The largest absolute Gasteiger partial charge is 0.381 e. The average Bonchev–Trinajstić information content (AvgIpc) is 3.08. The van der Waals surface area contributed by atoms with Gasteiger partial charge < -0.3 is 19.2 Å². The highest BCUT2D eigenvalue weighted by molar-refractivity contribution is 5.47. The molecule has 2 aliphatic rings. The maximum absolute atomic E-state index is 11.3. The van der Waals surface area contributed by atoms with Crippen molar-refractivity contribution in [2.45, 2.75) is 31.4 Å². The van der Waals surface area contributed by atoms with Gasteiger partial charge in [-0.15, -0.1) is 0 Å². The fraction of sp³-hybridized carbons (Fsp3) is 0.625. The van der Waals surface area contributed by atoms with Crippen LogP contribution in [0.25, 0.3) is 11.5 Å². The summed E-state index contributed by atoms with van der Waals surface area (Å²) < 4.78 is 18.4. The van der Waals surface area contributed by atoms with Crippen molar-refractivity contribution in [2.75, 3.05) is 33.0 Å². The lowest BCUT2D eigenvalue weighted by molar-refractivity contribution is -0.0945. The van der Waals surface area contributed by atoms with Crippen molar-refractivity contribution in [3.8, 4) is 11.5 Å². The molecule has 0 radical (unpaired) electrons. The highest BCUT2D eigenvalue weighted by Crippen LogP contribution is 2.26. The zero-order valence-corrected chi connectivity index (χ0v) is 13.9. The first-order valence-corrected chi connectivity index (χ1v) is 8.56. The molecule has 134 valence electrons. The predicted molar refractivity (Wildman–Crippen MR) is 87.2 cm³/mol. The molecule has 0 amide bonds. The van der Waals surface area contributed by atoms with Crippen LogP contribution in [0.2, 0.25) is 0 Å². The molecule has 0 bridgehead atoms. The van der Waals surface area contributed by atoms with Crippen molar-refractivity contribution >= 4 is 0 Å². The molecule has 0 spiro atoms. The molecule has 2 fully saturated rings. The summed E-state index contributed by atoms with van der Waals surface area (Å²) in [6.07, 6.45) is 4.56. The molecule has 0 saturated carbocycles. The molecule has 0 aromatic carbocycles. The van der Waals surface area contributed by atoms with E-state index in [4.69, 9.17) is 24.3 Å². The van der Waals surface area contributed by atoms with Gasteiger partial charge in [-0.25, -0.2) is 14.6 Å². The molecule has 4 rings (SSSR count). The topological polar surface area (TPSA) is 104 Å². The summed E-state index contributed by atoms with van der Waals surface area (Å²) in [5.74, 6) is 1.70. The zero-order chi connectivity index (χ0) is 17.1. The molecule has 4 heterocycles. The van der Waals surface area contributed by atoms with Crippen LogP contribution in [0.1, 0.15) is 24.6 Å². The molecule has 1 N–H and O–H groups in total. The Morgan fingerprint density at radius 2 is 2.08 bits per heavy atom. The van der Waals surface area contributed by atoms with Crippen LogP contribution < -0.4 is 5.56 Å². The number of hydrogen-bond donors (Lipinski definition) is 1. The Morgan fingerprint density at radius 3 is 2.80 bits per heavy atom. The van der Waals surface area contributed by atoms with Gasteiger partial charge in [0.2, 0.25) is 0 Å². The van der Waals surface area contributed by atoms with Gasteiger partial charge in [-0.05, 0) is 12.8 Å². The summed E-state index contributed by atoms with van der Waals surface area (Å²) in [5, 5.41) is 4.71. The van der Waals surface area contributed by atoms with Gasteiger partial charge in [0.15, 0.2) is 11.6 Å². The van der Waals surface area contributed by atoms with E-state index in [-0.39, 0.29) is 17.6 Å². The maximum atomic E-state index is 11.3. The van der Waals surface area contributed by atoms with E-state index < -0.39 is 0 Å². The van der Waals surface area contributed by atoms with Crippen LogP contribution in [-0.4, -0.2) is 63.9 Å². The number of aromatic amines is 1. The highest BCUT2D eigenvalue weighted by atomic mass is 16.6. The van der Waals surface area contributed by atoms with E-state index in [0.29, 0.717) is 37.9 Å². The van der Waals surface area contributed by atoms with E-state index in [1.807, 2.05) is 4.68 Å². The molecular formula is C16H21N5O4. The fourth-order valence-corrected chi connectivity index (χ4v) is 3.10. The standard InChI is InChI=1S/C16H21N5O4/c22-14-8-17-13(7-18-14)16-19-15(11-1-3-23-4-2-11)20-21(16)9-12-10-24-5-6-25-12/h7-8,11-12H,1-6,9-10H2,(H,18,22)/t12-/m0/s1. The van der Waals surface area contributed by atoms with Crippen LogP contribution in [0.5, 0.6) is 0 Å². The van der Waals surface area contributed by atoms with Gasteiger partial charge >= 0.3 is 0 Å². The number of hydrogen-bond acceptors (Lipinski definition) is 7. The molecule has 2 aliphatic heterocycles. The fourth-order valence-electron chi connectivity index (χ4n) is 3.10. The van der Waals surface area contributed by atoms with Crippen LogP contribution in [0.4, 0.5) is 0 Å². The summed E-state index contributed by atoms with van der Waals surface area (Å²) >= 11 is 0. The van der Waals surface area contributed by atoms with Crippen molar-refractivity contribution < 1.29 is 14.2 Å². The van der Waals surface area contributed by atoms with Gasteiger partial charge in [-0.3, -0.25) is 4.79 Å². The second-order valence-corrected chi connectivity index (χ2v) is 6.23. The SMILES string of the molecule is O=c1cnc(-c2nc(C3CCOCC3)nn2C[C@H]2COCCO2)c[nH]1. The Morgan fingerprint density at radius 1 is 1.20 bits per heavy atom. The summed E-state index contributed by atoms with van der Waals surface area (Å²) in [6, 6.07) is 0. The molecule has 9 heteroatoms. The lowest BCUT2D eigenvalue weighted by Gasteiger charge is -2.23. The number of rotatable bonds is 4. The molecule has 1 atom stereocenters. The molecule has 0 unspecified atom stereocenters. The van der Waals surface area contributed by atoms with Crippen molar-refractivity contribution in [1.82, 2.24) is 24.7 Å². The minimum absolute atomic E-state index is 0.0699. The van der Waals surface area contributed by atoms with E-state index in [2.05, 4.69) is 9.97 Å². The van der Waals surface area contributed by atoms with Crippen LogP contribution in [0, 0.1) is 0 Å². The third kappa shape index (κ3) is 3.78. The quantitative estimate of drug-likeness (QED) is 0.850. The van der Waals surface area contributed by atoms with Gasteiger partial charge in [-0.1, -0.05) is 0 Å². The van der Waals surface area contributed by atoms with E-state index in [1.165, 1.54) is 6.20 Å². The van der Waals surface area contributed by atoms with Gasteiger partial charge in [0.05, 0.1) is 32.6 Å². The summed E-state index contributed by atoms with van der Waals surface area (Å²) in [7, 11) is 0. The third-order valence-corrected chi connectivity index (χ3v) is 4.44. The number of aromatic nitrogens is 5. The number of ether oxygens (including phenoxy) is 3. The monoisotopic (exact) mass is 347 g/mol. The van der Waals surface area contributed by atoms with Crippen LogP contribution in [0.15, 0.2) is 17.2 Å². The molecule has 9 nitrogen and oxygen atoms in total. The van der Waals surface area contributed by atoms with Crippen molar-refractivity contribution in [1.29, 1.82) is 0 Å². The molecule has 2 aromatic rings.